The summed E-state index contributed by atoms with van der Waals surface area (Å²) in [7, 11) is 0. The third kappa shape index (κ3) is 3.84. The molecule has 1 unspecified atom stereocenters. The van der Waals surface area contributed by atoms with E-state index in [0.29, 0.717) is 17.1 Å². The number of nitrogens with two attached hydrogens (primary N) is 1. The summed E-state index contributed by atoms with van der Waals surface area (Å²) in [4.78, 5) is 12.5. The molecule has 2 rings (SSSR count). The monoisotopic (exact) mass is 283 g/mol. The van der Waals surface area contributed by atoms with Gasteiger partial charge in [0.15, 0.2) is 0 Å². The van der Waals surface area contributed by atoms with Gasteiger partial charge in [0, 0.05) is 19.7 Å². The van der Waals surface area contributed by atoms with Crippen molar-refractivity contribution in [3.8, 4) is 0 Å². The SMILES string of the molecule is CCCNC(=O)c1sc(NCC2CCCO2)cc1N. The molecule has 1 aromatic rings. The molecule has 1 aliphatic heterocycles. The van der Waals surface area contributed by atoms with E-state index in [1.54, 1.807) is 0 Å². The Kier molecular flexibility index (Phi) is 5.04. The summed E-state index contributed by atoms with van der Waals surface area (Å²) in [6.45, 7) is 4.32. The Labute approximate surface area is 117 Å². The molecule has 1 aliphatic rings. The van der Waals surface area contributed by atoms with E-state index < -0.39 is 0 Å². The average molecular weight is 283 g/mol. The molecule has 1 aromatic heterocycles. The Morgan fingerprint density at radius 1 is 1.63 bits per heavy atom. The second-order valence-electron chi connectivity index (χ2n) is 4.67. The molecule has 2 heterocycles. The van der Waals surface area contributed by atoms with Gasteiger partial charge in [0.25, 0.3) is 5.91 Å². The zero-order chi connectivity index (χ0) is 13.7. The summed E-state index contributed by atoms with van der Waals surface area (Å²) >= 11 is 1.40. The highest BCUT2D eigenvalue weighted by Crippen LogP contribution is 2.29. The van der Waals surface area contributed by atoms with Crippen molar-refractivity contribution >= 4 is 27.9 Å². The second-order valence-corrected chi connectivity index (χ2v) is 5.72. The number of thiophene rings is 1. The Morgan fingerprint density at radius 3 is 3.16 bits per heavy atom. The van der Waals surface area contributed by atoms with E-state index in [1.165, 1.54) is 11.3 Å². The smallest absolute Gasteiger partial charge is 0.263 e. The quantitative estimate of drug-likeness (QED) is 0.747. The van der Waals surface area contributed by atoms with Crippen molar-refractivity contribution in [3.63, 3.8) is 0 Å². The number of anilines is 2. The molecule has 0 saturated carbocycles. The van der Waals surface area contributed by atoms with Gasteiger partial charge in [-0.3, -0.25) is 4.79 Å². The number of carbonyl (C=O) groups is 1. The molecule has 1 saturated heterocycles. The average Bonchev–Trinajstić information content (AvgIpc) is 3.02. The molecule has 6 heteroatoms. The minimum atomic E-state index is -0.0884. The Hall–Kier alpha value is -1.27. The number of hydrogen-bond donors (Lipinski definition) is 3. The van der Waals surface area contributed by atoms with Gasteiger partial charge in [0.05, 0.1) is 16.8 Å². The fourth-order valence-corrected chi connectivity index (χ4v) is 2.91. The lowest BCUT2D eigenvalue weighted by Gasteiger charge is -2.09. The fourth-order valence-electron chi connectivity index (χ4n) is 2.01. The minimum absolute atomic E-state index is 0.0884. The van der Waals surface area contributed by atoms with Crippen LogP contribution in [0, 0.1) is 0 Å². The van der Waals surface area contributed by atoms with Crippen LogP contribution in [-0.4, -0.2) is 31.7 Å². The number of nitrogens with one attached hydrogen (secondary N) is 2. The first kappa shape index (κ1) is 14.1. The minimum Gasteiger partial charge on any atom is -0.397 e. The van der Waals surface area contributed by atoms with Crippen molar-refractivity contribution in [2.75, 3.05) is 30.7 Å². The summed E-state index contributed by atoms with van der Waals surface area (Å²) in [6, 6.07) is 1.82. The van der Waals surface area contributed by atoms with E-state index in [2.05, 4.69) is 10.6 Å². The van der Waals surface area contributed by atoms with Crippen LogP contribution in [0.3, 0.4) is 0 Å². The predicted molar refractivity (Wildman–Crippen MR) is 78.8 cm³/mol. The van der Waals surface area contributed by atoms with Crippen molar-refractivity contribution in [1.29, 1.82) is 0 Å². The zero-order valence-corrected chi connectivity index (χ0v) is 12.0. The summed E-state index contributed by atoms with van der Waals surface area (Å²) in [5.41, 5.74) is 6.41. The molecule has 0 spiro atoms. The van der Waals surface area contributed by atoms with Crippen LogP contribution in [0.5, 0.6) is 0 Å². The van der Waals surface area contributed by atoms with E-state index >= 15 is 0 Å². The Balaban J connectivity index is 1.89. The van der Waals surface area contributed by atoms with Gasteiger partial charge < -0.3 is 21.1 Å². The van der Waals surface area contributed by atoms with Gasteiger partial charge in [-0.15, -0.1) is 11.3 Å². The largest absolute Gasteiger partial charge is 0.397 e. The normalized spacial score (nSPS) is 18.5. The molecule has 19 heavy (non-hydrogen) atoms. The number of amides is 1. The molecule has 5 nitrogen and oxygen atoms in total. The third-order valence-electron chi connectivity index (χ3n) is 3.03. The van der Waals surface area contributed by atoms with E-state index in [0.717, 1.165) is 37.4 Å². The van der Waals surface area contributed by atoms with Crippen LogP contribution in [-0.2, 0) is 4.74 Å². The van der Waals surface area contributed by atoms with E-state index in [1.807, 2.05) is 13.0 Å². The molecular formula is C13H21N3O2S. The number of ether oxygens (including phenoxy) is 1. The molecular weight excluding hydrogens is 262 g/mol. The van der Waals surface area contributed by atoms with Gasteiger partial charge in [-0.05, 0) is 25.3 Å². The first-order valence-corrected chi connectivity index (χ1v) is 7.55. The molecule has 0 bridgehead atoms. The molecule has 0 aliphatic carbocycles. The second kappa shape index (κ2) is 6.77. The van der Waals surface area contributed by atoms with Crippen molar-refractivity contribution in [1.82, 2.24) is 5.32 Å². The first-order valence-electron chi connectivity index (χ1n) is 6.73. The van der Waals surface area contributed by atoms with Crippen molar-refractivity contribution < 1.29 is 9.53 Å². The number of hydrogen-bond acceptors (Lipinski definition) is 5. The third-order valence-corrected chi connectivity index (χ3v) is 4.14. The number of rotatable bonds is 6. The molecule has 106 valence electrons. The van der Waals surface area contributed by atoms with Crippen LogP contribution >= 0.6 is 11.3 Å². The summed E-state index contributed by atoms with van der Waals surface area (Å²) in [6.07, 6.45) is 3.42. The van der Waals surface area contributed by atoms with Crippen LogP contribution < -0.4 is 16.4 Å². The van der Waals surface area contributed by atoms with Gasteiger partial charge in [-0.2, -0.15) is 0 Å². The van der Waals surface area contributed by atoms with Gasteiger partial charge in [0.2, 0.25) is 0 Å². The molecule has 1 atom stereocenters. The van der Waals surface area contributed by atoms with Crippen molar-refractivity contribution in [2.45, 2.75) is 32.3 Å². The molecule has 1 amide bonds. The highest BCUT2D eigenvalue weighted by molar-refractivity contribution is 7.18. The van der Waals surface area contributed by atoms with Crippen LogP contribution in [0.2, 0.25) is 0 Å². The molecule has 4 N–H and O–H groups in total. The van der Waals surface area contributed by atoms with Crippen LogP contribution in [0.4, 0.5) is 10.7 Å². The molecule has 1 fully saturated rings. The van der Waals surface area contributed by atoms with Gasteiger partial charge in [-0.25, -0.2) is 0 Å². The maximum absolute atomic E-state index is 11.9. The van der Waals surface area contributed by atoms with Crippen molar-refractivity contribution in [2.24, 2.45) is 0 Å². The lowest BCUT2D eigenvalue weighted by molar-refractivity contribution is 0.0958. The maximum atomic E-state index is 11.9. The highest BCUT2D eigenvalue weighted by atomic mass is 32.1. The van der Waals surface area contributed by atoms with Crippen molar-refractivity contribution in [3.05, 3.63) is 10.9 Å². The maximum Gasteiger partial charge on any atom is 0.263 e. The lowest BCUT2D eigenvalue weighted by atomic mass is 10.2. The highest BCUT2D eigenvalue weighted by Gasteiger charge is 2.17. The summed E-state index contributed by atoms with van der Waals surface area (Å²) in [5, 5.41) is 7.06. The Morgan fingerprint density at radius 2 is 2.47 bits per heavy atom. The van der Waals surface area contributed by atoms with Crippen LogP contribution in [0.1, 0.15) is 35.9 Å². The topological polar surface area (TPSA) is 76.4 Å². The lowest BCUT2D eigenvalue weighted by Crippen LogP contribution is -2.23. The van der Waals surface area contributed by atoms with E-state index in [-0.39, 0.29) is 12.0 Å². The first-order chi connectivity index (χ1) is 9.20. The summed E-state index contributed by atoms with van der Waals surface area (Å²) < 4.78 is 5.54. The zero-order valence-electron chi connectivity index (χ0n) is 11.2. The van der Waals surface area contributed by atoms with Crippen LogP contribution in [0.15, 0.2) is 6.07 Å². The van der Waals surface area contributed by atoms with Gasteiger partial charge in [-0.1, -0.05) is 6.92 Å². The Bertz CT molecular complexity index is 428. The summed E-state index contributed by atoms with van der Waals surface area (Å²) in [5.74, 6) is -0.0884. The number of nitrogen functional groups attached to an aromatic ring is 1. The van der Waals surface area contributed by atoms with E-state index in [4.69, 9.17) is 10.5 Å². The molecule has 0 aromatic carbocycles. The van der Waals surface area contributed by atoms with Gasteiger partial charge >= 0.3 is 0 Å². The van der Waals surface area contributed by atoms with Crippen LogP contribution in [0.25, 0.3) is 0 Å². The molecule has 0 radical (unpaired) electrons. The standard InChI is InChI=1S/C13H21N3O2S/c1-2-5-15-13(17)12-10(14)7-11(19-12)16-8-9-4-3-6-18-9/h7,9,16H,2-6,8,14H2,1H3,(H,15,17). The van der Waals surface area contributed by atoms with Gasteiger partial charge in [0.1, 0.15) is 4.88 Å². The van der Waals surface area contributed by atoms with E-state index in [9.17, 15) is 4.79 Å². The predicted octanol–water partition coefficient (Wildman–Crippen LogP) is 2.06. The number of carbonyl (C=O) groups excluding carboxylic acids is 1. The fraction of sp³-hybridized carbons (Fsp3) is 0.615.